The Balaban J connectivity index is 2.30. The van der Waals surface area contributed by atoms with Crippen LogP contribution >= 0.6 is 15.9 Å². The molecule has 1 unspecified atom stereocenters. The lowest BCUT2D eigenvalue weighted by molar-refractivity contribution is -0.121. The molecule has 1 aromatic carbocycles. The molecule has 0 aromatic heterocycles. The van der Waals surface area contributed by atoms with E-state index in [0.29, 0.717) is 25.4 Å². The average molecular weight is 441 g/mol. The van der Waals surface area contributed by atoms with E-state index in [0.717, 1.165) is 16.6 Å². The predicted octanol–water partition coefficient (Wildman–Crippen LogP) is 3.88. The van der Waals surface area contributed by atoms with Crippen molar-refractivity contribution in [3.05, 3.63) is 28.7 Å². The molecule has 27 heavy (non-hydrogen) atoms. The maximum absolute atomic E-state index is 12.2. The average Bonchev–Trinajstić information content (AvgIpc) is 2.54. The summed E-state index contributed by atoms with van der Waals surface area (Å²) in [7, 11) is 0. The molecule has 1 atom stereocenters. The molecule has 7 heteroatoms. The zero-order valence-corrected chi connectivity index (χ0v) is 18.6. The Morgan fingerprint density at radius 1 is 1.11 bits per heavy atom. The number of carbonyl (C=O) groups is 2. The third kappa shape index (κ3) is 11.0. The van der Waals surface area contributed by atoms with Gasteiger partial charge >= 0.3 is 6.03 Å². The van der Waals surface area contributed by atoms with Crippen LogP contribution in [-0.2, 0) is 4.79 Å². The number of rotatable bonds is 10. The summed E-state index contributed by atoms with van der Waals surface area (Å²) in [6, 6.07) is 7.29. The maximum Gasteiger partial charge on any atom is 0.319 e. The molecule has 0 saturated carbocycles. The summed E-state index contributed by atoms with van der Waals surface area (Å²) in [5, 5.41) is 12.1. The van der Waals surface area contributed by atoms with Gasteiger partial charge in [-0.2, -0.15) is 0 Å². The van der Waals surface area contributed by atoms with Gasteiger partial charge in [0.2, 0.25) is 5.91 Å². The highest BCUT2D eigenvalue weighted by Gasteiger charge is 2.20. The highest BCUT2D eigenvalue weighted by Crippen LogP contribution is 2.14. The van der Waals surface area contributed by atoms with E-state index in [1.54, 1.807) is 0 Å². The van der Waals surface area contributed by atoms with Crippen molar-refractivity contribution in [1.82, 2.24) is 16.0 Å². The van der Waals surface area contributed by atoms with Crippen molar-refractivity contribution in [3.63, 3.8) is 0 Å². The molecular weight excluding hydrogens is 408 g/mol. The summed E-state index contributed by atoms with van der Waals surface area (Å²) in [5.41, 5.74) is 0.372. The lowest BCUT2D eigenvalue weighted by Crippen LogP contribution is -2.47. The molecule has 0 aliphatic carbocycles. The van der Waals surface area contributed by atoms with Crippen LogP contribution in [0.1, 0.15) is 47.5 Å². The lowest BCUT2D eigenvalue weighted by atomic mass is 10.0. The summed E-state index contributed by atoms with van der Waals surface area (Å²) in [5.74, 6) is 0.516. The van der Waals surface area contributed by atoms with Crippen molar-refractivity contribution in [1.29, 1.82) is 0 Å². The zero-order chi connectivity index (χ0) is 20.4. The summed E-state index contributed by atoms with van der Waals surface area (Å²) in [4.78, 5) is 24.0. The Labute approximate surface area is 171 Å². The smallest absolute Gasteiger partial charge is 0.319 e. The Kier molecular flexibility index (Phi) is 9.80. The van der Waals surface area contributed by atoms with Gasteiger partial charge in [-0.05, 0) is 63.9 Å². The second-order valence-corrected chi connectivity index (χ2v) is 8.89. The highest BCUT2D eigenvalue weighted by molar-refractivity contribution is 9.10. The van der Waals surface area contributed by atoms with E-state index >= 15 is 0 Å². The minimum atomic E-state index is -0.369. The van der Waals surface area contributed by atoms with Crippen LogP contribution in [-0.4, -0.2) is 36.6 Å². The van der Waals surface area contributed by atoms with Crippen LogP contribution in [0.4, 0.5) is 10.5 Å². The molecule has 6 nitrogen and oxygen atoms in total. The van der Waals surface area contributed by atoms with Crippen LogP contribution in [0.2, 0.25) is 0 Å². The van der Waals surface area contributed by atoms with Gasteiger partial charge < -0.3 is 21.3 Å². The fourth-order valence-corrected chi connectivity index (χ4v) is 2.70. The number of halogens is 1. The molecule has 0 aliphatic rings. The molecule has 0 bridgehead atoms. The molecule has 0 spiro atoms. The van der Waals surface area contributed by atoms with E-state index in [9.17, 15) is 9.59 Å². The molecule has 0 radical (unpaired) electrons. The molecule has 0 heterocycles. The van der Waals surface area contributed by atoms with Gasteiger partial charge in [-0.1, -0.05) is 29.8 Å². The Bertz CT molecular complexity index is 603. The quantitative estimate of drug-likeness (QED) is 0.445. The molecule has 3 amide bonds. The van der Waals surface area contributed by atoms with Crippen LogP contribution in [0.3, 0.4) is 0 Å². The summed E-state index contributed by atoms with van der Waals surface area (Å²) in [6.07, 6.45) is 1.20. The van der Waals surface area contributed by atoms with E-state index in [1.807, 2.05) is 45.0 Å². The minimum absolute atomic E-state index is 0.0648. The third-order valence-corrected chi connectivity index (χ3v) is 4.52. The molecule has 0 saturated heterocycles. The Hall–Kier alpha value is -1.60. The first-order valence-corrected chi connectivity index (χ1v) is 10.2. The molecule has 1 rings (SSSR count). The number of benzene rings is 1. The Morgan fingerprint density at radius 2 is 1.74 bits per heavy atom. The number of urea groups is 1. The Morgan fingerprint density at radius 3 is 2.33 bits per heavy atom. The number of nitrogens with one attached hydrogen (secondary N) is 4. The molecule has 0 fully saturated rings. The first kappa shape index (κ1) is 23.4. The van der Waals surface area contributed by atoms with Crippen molar-refractivity contribution in [2.45, 2.75) is 59.0 Å². The first-order valence-electron chi connectivity index (χ1n) is 9.42. The number of anilines is 1. The van der Waals surface area contributed by atoms with Gasteiger partial charge in [0, 0.05) is 34.7 Å². The fraction of sp³-hybridized carbons (Fsp3) is 0.600. The monoisotopic (exact) mass is 440 g/mol. The number of hydrogen-bond donors (Lipinski definition) is 4. The fourth-order valence-electron chi connectivity index (χ4n) is 2.44. The number of hydrogen-bond acceptors (Lipinski definition) is 3. The first-order chi connectivity index (χ1) is 12.6. The van der Waals surface area contributed by atoms with Gasteiger partial charge in [0.05, 0.1) is 0 Å². The van der Waals surface area contributed by atoms with Gasteiger partial charge in [-0.25, -0.2) is 4.79 Å². The standard InChI is InChI=1S/C20H33BrN4O2/c1-14(2)13-23-18(26)12-15(3)22-11-10-20(4,5)25-19(27)24-17-8-6-16(21)7-9-17/h6-9,14-15,22H,10-13H2,1-5H3,(H,23,26)(H2,24,25,27). The minimum Gasteiger partial charge on any atom is -0.356 e. The van der Waals surface area contributed by atoms with Crippen molar-refractivity contribution in [3.8, 4) is 0 Å². The van der Waals surface area contributed by atoms with Crippen LogP contribution in [0.15, 0.2) is 28.7 Å². The third-order valence-electron chi connectivity index (χ3n) is 4.00. The largest absolute Gasteiger partial charge is 0.356 e. The van der Waals surface area contributed by atoms with Crippen LogP contribution < -0.4 is 21.3 Å². The molecular formula is C20H33BrN4O2. The van der Waals surface area contributed by atoms with Crippen LogP contribution in [0, 0.1) is 5.92 Å². The van der Waals surface area contributed by atoms with Crippen molar-refractivity contribution in [2.24, 2.45) is 5.92 Å². The van der Waals surface area contributed by atoms with Gasteiger partial charge in [0.1, 0.15) is 0 Å². The van der Waals surface area contributed by atoms with E-state index < -0.39 is 0 Å². The zero-order valence-electron chi connectivity index (χ0n) is 17.0. The second kappa shape index (κ2) is 11.3. The normalized spacial score (nSPS) is 12.6. The van der Waals surface area contributed by atoms with Gasteiger partial charge in [-0.3, -0.25) is 4.79 Å². The van der Waals surface area contributed by atoms with Gasteiger partial charge in [0.25, 0.3) is 0 Å². The van der Waals surface area contributed by atoms with E-state index in [1.165, 1.54) is 0 Å². The SMILES string of the molecule is CC(C)CNC(=O)CC(C)NCCC(C)(C)NC(=O)Nc1ccc(Br)cc1. The predicted molar refractivity (Wildman–Crippen MR) is 115 cm³/mol. The maximum atomic E-state index is 12.2. The molecule has 1 aromatic rings. The summed E-state index contributed by atoms with van der Waals surface area (Å²) < 4.78 is 0.965. The van der Waals surface area contributed by atoms with E-state index in [4.69, 9.17) is 0 Å². The molecule has 4 N–H and O–H groups in total. The topological polar surface area (TPSA) is 82.3 Å². The number of carbonyl (C=O) groups excluding carboxylic acids is 2. The van der Waals surface area contributed by atoms with E-state index in [-0.39, 0.29) is 23.5 Å². The van der Waals surface area contributed by atoms with Crippen molar-refractivity contribution >= 4 is 33.6 Å². The highest BCUT2D eigenvalue weighted by atomic mass is 79.9. The lowest BCUT2D eigenvalue weighted by Gasteiger charge is -2.27. The molecule has 0 aliphatic heterocycles. The van der Waals surface area contributed by atoms with Crippen LogP contribution in [0.5, 0.6) is 0 Å². The molecule has 152 valence electrons. The van der Waals surface area contributed by atoms with Gasteiger partial charge in [-0.15, -0.1) is 0 Å². The van der Waals surface area contributed by atoms with E-state index in [2.05, 4.69) is 51.0 Å². The summed E-state index contributed by atoms with van der Waals surface area (Å²) >= 11 is 3.37. The van der Waals surface area contributed by atoms with Crippen molar-refractivity contribution in [2.75, 3.05) is 18.4 Å². The van der Waals surface area contributed by atoms with Gasteiger partial charge in [0.15, 0.2) is 0 Å². The number of amides is 3. The van der Waals surface area contributed by atoms with Crippen molar-refractivity contribution < 1.29 is 9.59 Å². The summed E-state index contributed by atoms with van der Waals surface area (Å²) in [6.45, 7) is 11.5. The second-order valence-electron chi connectivity index (χ2n) is 7.98. The van der Waals surface area contributed by atoms with Crippen LogP contribution in [0.25, 0.3) is 0 Å².